The van der Waals surface area contributed by atoms with E-state index in [0.717, 1.165) is 21.3 Å². The third kappa shape index (κ3) is 5.80. The number of carbonyl (C=O) groups excluding carboxylic acids is 1. The molecule has 0 bridgehead atoms. The molecule has 10 heteroatoms. The molecule has 1 fully saturated rings. The van der Waals surface area contributed by atoms with Crippen molar-refractivity contribution in [2.75, 3.05) is 63.3 Å². The standard InChI is InChI=1S/C28H33N3O6S/c1-21-8-13-26(37-4)27(18-21)38(33,34)31(23-6-5-7-25(19-23)36-3)20-28(32)30-16-14-29(15-17-30)22-9-11-24(35-2)12-10-22/h5-13,18-19H,14-17,20H2,1-4H3. The molecular weight excluding hydrogens is 506 g/mol. The molecule has 202 valence electrons. The summed E-state index contributed by atoms with van der Waals surface area (Å²) in [6, 6.07) is 19.4. The Morgan fingerprint density at radius 1 is 0.842 bits per heavy atom. The highest BCUT2D eigenvalue weighted by molar-refractivity contribution is 7.93. The van der Waals surface area contributed by atoms with Gasteiger partial charge in [0.25, 0.3) is 10.0 Å². The Kier molecular flexibility index (Phi) is 8.31. The number of hydrogen-bond donors (Lipinski definition) is 0. The van der Waals surface area contributed by atoms with E-state index in [0.29, 0.717) is 37.6 Å². The van der Waals surface area contributed by atoms with Crippen LogP contribution in [-0.2, 0) is 14.8 Å². The SMILES string of the molecule is COc1ccc(N2CCN(C(=O)CN(c3cccc(OC)c3)S(=O)(=O)c3cc(C)ccc3OC)CC2)cc1. The van der Waals surface area contributed by atoms with Crippen LogP contribution in [0, 0.1) is 6.92 Å². The molecule has 1 aliphatic heterocycles. The Balaban J connectivity index is 1.58. The van der Waals surface area contributed by atoms with E-state index >= 15 is 0 Å². The molecule has 0 N–H and O–H groups in total. The summed E-state index contributed by atoms with van der Waals surface area (Å²) in [4.78, 5) is 17.4. The lowest BCUT2D eigenvalue weighted by Gasteiger charge is -2.37. The number of nitrogens with zero attached hydrogens (tertiary/aromatic N) is 3. The van der Waals surface area contributed by atoms with E-state index < -0.39 is 10.0 Å². The molecule has 38 heavy (non-hydrogen) atoms. The van der Waals surface area contributed by atoms with Crippen molar-refractivity contribution < 1.29 is 27.4 Å². The van der Waals surface area contributed by atoms with Gasteiger partial charge in [0.2, 0.25) is 5.91 Å². The van der Waals surface area contributed by atoms with Gasteiger partial charge in [-0.15, -0.1) is 0 Å². The molecule has 0 aromatic heterocycles. The van der Waals surface area contributed by atoms with Crippen molar-refractivity contribution in [2.24, 2.45) is 0 Å². The highest BCUT2D eigenvalue weighted by Gasteiger charge is 2.32. The van der Waals surface area contributed by atoms with Gasteiger partial charge < -0.3 is 24.0 Å². The fourth-order valence-corrected chi connectivity index (χ4v) is 6.06. The largest absolute Gasteiger partial charge is 0.497 e. The molecule has 0 radical (unpaired) electrons. The summed E-state index contributed by atoms with van der Waals surface area (Å²) in [5, 5.41) is 0. The van der Waals surface area contributed by atoms with Crippen LogP contribution in [0.4, 0.5) is 11.4 Å². The van der Waals surface area contributed by atoms with E-state index in [4.69, 9.17) is 14.2 Å². The molecule has 1 heterocycles. The van der Waals surface area contributed by atoms with Crippen LogP contribution in [0.3, 0.4) is 0 Å². The number of ether oxygens (including phenoxy) is 3. The summed E-state index contributed by atoms with van der Waals surface area (Å²) >= 11 is 0. The quantitative estimate of drug-likeness (QED) is 0.411. The summed E-state index contributed by atoms with van der Waals surface area (Å²) in [6.07, 6.45) is 0. The number of benzene rings is 3. The lowest BCUT2D eigenvalue weighted by molar-refractivity contribution is -0.129. The van der Waals surface area contributed by atoms with Crippen LogP contribution in [0.15, 0.2) is 71.6 Å². The molecule has 4 rings (SSSR count). The van der Waals surface area contributed by atoms with Crippen LogP contribution in [0.5, 0.6) is 17.2 Å². The van der Waals surface area contributed by atoms with Crippen LogP contribution >= 0.6 is 0 Å². The predicted octanol–water partition coefficient (Wildman–Crippen LogP) is 3.56. The third-order valence-corrected chi connectivity index (χ3v) is 8.37. The van der Waals surface area contributed by atoms with Gasteiger partial charge in [0.15, 0.2) is 0 Å². The normalized spacial score (nSPS) is 13.7. The average Bonchev–Trinajstić information content (AvgIpc) is 2.95. The minimum Gasteiger partial charge on any atom is -0.497 e. The molecule has 3 aromatic carbocycles. The molecule has 9 nitrogen and oxygen atoms in total. The summed E-state index contributed by atoms with van der Waals surface area (Å²) < 4.78 is 45.0. The number of hydrogen-bond acceptors (Lipinski definition) is 7. The average molecular weight is 540 g/mol. The first-order chi connectivity index (χ1) is 18.3. The van der Waals surface area contributed by atoms with E-state index in [-0.39, 0.29) is 23.1 Å². The molecule has 0 aliphatic carbocycles. The zero-order chi connectivity index (χ0) is 27.3. The molecule has 0 unspecified atom stereocenters. The maximum atomic E-state index is 14.0. The molecule has 3 aromatic rings. The van der Waals surface area contributed by atoms with Gasteiger partial charge >= 0.3 is 0 Å². The molecule has 0 atom stereocenters. The van der Waals surface area contributed by atoms with E-state index in [1.54, 1.807) is 54.5 Å². The Hall–Kier alpha value is -3.92. The van der Waals surface area contributed by atoms with Crippen molar-refractivity contribution in [3.8, 4) is 17.2 Å². The fraction of sp³-hybridized carbons (Fsp3) is 0.321. The molecule has 1 saturated heterocycles. The van der Waals surface area contributed by atoms with Gasteiger partial charge in [-0.2, -0.15) is 0 Å². The summed E-state index contributed by atoms with van der Waals surface area (Å²) in [7, 11) is 0.405. The van der Waals surface area contributed by atoms with Crippen molar-refractivity contribution in [3.63, 3.8) is 0 Å². The molecule has 0 saturated carbocycles. The van der Waals surface area contributed by atoms with E-state index in [1.165, 1.54) is 14.2 Å². The third-order valence-electron chi connectivity index (χ3n) is 6.58. The molecular formula is C28H33N3O6S. The number of rotatable bonds is 9. The maximum absolute atomic E-state index is 14.0. The fourth-order valence-electron chi connectivity index (χ4n) is 4.41. The molecule has 1 amide bonds. The smallest absolute Gasteiger partial charge is 0.268 e. The Bertz CT molecular complexity index is 1370. The number of anilines is 2. The van der Waals surface area contributed by atoms with Crippen molar-refractivity contribution in [2.45, 2.75) is 11.8 Å². The monoisotopic (exact) mass is 539 g/mol. The second-order valence-electron chi connectivity index (χ2n) is 8.93. The second kappa shape index (κ2) is 11.6. The minimum atomic E-state index is -4.16. The van der Waals surface area contributed by atoms with Gasteiger partial charge in [-0.1, -0.05) is 12.1 Å². The number of carbonyl (C=O) groups is 1. The summed E-state index contributed by atoms with van der Waals surface area (Å²) in [5.41, 5.74) is 2.14. The number of aryl methyl sites for hydroxylation is 1. The van der Waals surface area contributed by atoms with E-state index in [1.807, 2.05) is 31.2 Å². The number of methoxy groups -OCH3 is 3. The second-order valence-corrected chi connectivity index (χ2v) is 10.8. The van der Waals surface area contributed by atoms with Gasteiger partial charge in [0, 0.05) is 37.9 Å². The van der Waals surface area contributed by atoms with Crippen LogP contribution in [0.1, 0.15) is 5.56 Å². The van der Waals surface area contributed by atoms with Gasteiger partial charge in [0.05, 0.1) is 27.0 Å². The lowest BCUT2D eigenvalue weighted by atomic mass is 10.2. The van der Waals surface area contributed by atoms with Crippen LogP contribution < -0.4 is 23.4 Å². The number of piperazine rings is 1. The Labute approximate surface area is 224 Å². The van der Waals surface area contributed by atoms with Crippen molar-refractivity contribution in [1.82, 2.24) is 4.90 Å². The summed E-state index contributed by atoms with van der Waals surface area (Å²) in [6.45, 7) is 3.68. The minimum absolute atomic E-state index is 0.0000510. The highest BCUT2D eigenvalue weighted by atomic mass is 32.2. The number of sulfonamides is 1. The Morgan fingerprint density at radius 2 is 1.53 bits per heavy atom. The predicted molar refractivity (Wildman–Crippen MR) is 147 cm³/mol. The van der Waals surface area contributed by atoms with Crippen molar-refractivity contribution in [3.05, 3.63) is 72.3 Å². The van der Waals surface area contributed by atoms with Crippen LogP contribution in [0.25, 0.3) is 0 Å². The summed E-state index contributed by atoms with van der Waals surface area (Å²) in [5.74, 6) is 1.20. The Morgan fingerprint density at radius 3 is 2.16 bits per heavy atom. The maximum Gasteiger partial charge on any atom is 0.268 e. The van der Waals surface area contributed by atoms with Crippen molar-refractivity contribution >= 4 is 27.3 Å². The van der Waals surface area contributed by atoms with Gasteiger partial charge in [-0.3, -0.25) is 9.10 Å². The molecule has 1 aliphatic rings. The first kappa shape index (κ1) is 27.1. The van der Waals surface area contributed by atoms with Gasteiger partial charge in [0.1, 0.15) is 28.7 Å². The molecule has 0 spiro atoms. The van der Waals surface area contributed by atoms with E-state index in [2.05, 4.69) is 4.90 Å². The first-order valence-electron chi connectivity index (χ1n) is 12.2. The zero-order valence-corrected chi connectivity index (χ0v) is 22.9. The van der Waals surface area contributed by atoms with Crippen LogP contribution in [-0.4, -0.2) is 73.3 Å². The van der Waals surface area contributed by atoms with Crippen molar-refractivity contribution in [1.29, 1.82) is 0 Å². The number of amides is 1. The highest BCUT2D eigenvalue weighted by Crippen LogP contribution is 2.32. The van der Waals surface area contributed by atoms with Crippen LogP contribution in [0.2, 0.25) is 0 Å². The van der Waals surface area contributed by atoms with Gasteiger partial charge in [-0.05, 0) is 61.0 Å². The van der Waals surface area contributed by atoms with Gasteiger partial charge in [-0.25, -0.2) is 8.42 Å². The topological polar surface area (TPSA) is 88.6 Å². The first-order valence-corrected chi connectivity index (χ1v) is 13.7. The van der Waals surface area contributed by atoms with E-state index in [9.17, 15) is 13.2 Å². The lowest BCUT2D eigenvalue weighted by Crippen LogP contribution is -2.52. The zero-order valence-electron chi connectivity index (χ0n) is 22.1.